The van der Waals surface area contributed by atoms with Gasteiger partial charge < -0.3 is 9.80 Å². The van der Waals surface area contributed by atoms with Gasteiger partial charge in [-0.05, 0) is 53.6 Å². The summed E-state index contributed by atoms with van der Waals surface area (Å²) in [5.41, 5.74) is 3.41. The van der Waals surface area contributed by atoms with Crippen LogP contribution in [-0.4, -0.2) is 30.3 Å². The lowest BCUT2D eigenvalue weighted by atomic mass is 9.80. The third-order valence-corrected chi connectivity index (χ3v) is 6.76. The molecule has 3 aromatic rings. The van der Waals surface area contributed by atoms with E-state index in [1.807, 2.05) is 84.9 Å². The highest BCUT2D eigenvalue weighted by molar-refractivity contribution is 7.10. The van der Waals surface area contributed by atoms with Gasteiger partial charge >= 0.3 is 0 Å². The fraction of sp³-hybridized carbons (Fsp3) is 0.308. The maximum atomic E-state index is 14.0. The standard InChI is InChI=1S/C26H28N2O2S/c1-17(2)16-28-24(22-13-8-14-31-22)23(20-11-5-6-12-21(20)25(28)29)26(30)27(4)19-10-7-9-18(3)15-19/h5-15,17,23-24H,16H2,1-4H3/t23-,24-/m1/s1. The number of nitrogens with zero attached hydrogens (tertiary/aromatic N) is 2. The van der Waals surface area contributed by atoms with Crippen molar-refractivity contribution in [2.45, 2.75) is 32.7 Å². The Morgan fingerprint density at radius 2 is 1.87 bits per heavy atom. The molecule has 1 aromatic heterocycles. The normalized spacial score (nSPS) is 18.2. The van der Waals surface area contributed by atoms with Gasteiger partial charge in [-0.1, -0.05) is 50.2 Å². The smallest absolute Gasteiger partial charge is 0.254 e. The van der Waals surface area contributed by atoms with Gasteiger partial charge in [-0.2, -0.15) is 0 Å². The quantitative estimate of drug-likeness (QED) is 0.522. The molecule has 0 aliphatic carbocycles. The van der Waals surface area contributed by atoms with Crippen molar-refractivity contribution in [1.82, 2.24) is 4.90 Å². The zero-order chi connectivity index (χ0) is 22.1. The van der Waals surface area contributed by atoms with Crippen molar-refractivity contribution in [3.8, 4) is 0 Å². The molecule has 0 bridgehead atoms. The van der Waals surface area contributed by atoms with Crippen LogP contribution in [0.25, 0.3) is 0 Å². The van der Waals surface area contributed by atoms with E-state index in [0.29, 0.717) is 18.0 Å². The van der Waals surface area contributed by atoms with E-state index in [1.54, 1.807) is 16.2 Å². The molecular formula is C26H28N2O2S. The first-order valence-corrected chi connectivity index (χ1v) is 11.5. The van der Waals surface area contributed by atoms with E-state index in [9.17, 15) is 9.59 Å². The molecule has 0 saturated heterocycles. The van der Waals surface area contributed by atoms with Crippen LogP contribution in [0.1, 0.15) is 52.2 Å². The zero-order valence-corrected chi connectivity index (χ0v) is 19.2. The highest BCUT2D eigenvalue weighted by Crippen LogP contribution is 2.45. The van der Waals surface area contributed by atoms with Crippen LogP contribution in [0, 0.1) is 12.8 Å². The minimum atomic E-state index is -0.461. The predicted molar refractivity (Wildman–Crippen MR) is 127 cm³/mol. The number of carbonyl (C=O) groups is 2. The van der Waals surface area contributed by atoms with Crippen LogP contribution in [0.5, 0.6) is 0 Å². The number of thiophene rings is 1. The number of amides is 2. The maximum absolute atomic E-state index is 14.0. The van der Waals surface area contributed by atoms with Gasteiger partial charge in [-0.3, -0.25) is 9.59 Å². The first-order chi connectivity index (χ1) is 14.9. The third-order valence-electron chi connectivity index (χ3n) is 5.82. The van der Waals surface area contributed by atoms with E-state index in [0.717, 1.165) is 21.7 Å². The molecule has 2 aromatic carbocycles. The highest BCUT2D eigenvalue weighted by Gasteiger charge is 2.45. The van der Waals surface area contributed by atoms with Gasteiger partial charge in [0.05, 0.1) is 12.0 Å². The monoisotopic (exact) mass is 432 g/mol. The lowest BCUT2D eigenvalue weighted by molar-refractivity contribution is -0.121. The maximum Gasteiger partial charge on any atom is 0.254 e. The molecule has 0 N–H and O–H groups in total. The average Bonchev–Trinajstić information content (AvgIpc) is 3.28. The molecule has 4 nitrogen and oxygen atoms in total. The number of hydrogen-bond donors (Lipinski definition) is 0. The SMILES string of the molecule is Cc1cccc(N(C)C(=O)[C@@H]2c3ccccc3C(=O)N(CC(C)C)[C@@H]2c2cccs2)c1. The number of rotatable bonds is 5. The second-order valence-corrected chi connectivity index (χ2v) is 9.59. The van der Waals surface area contributed by atoms with Gasteiger partial charge in [0.1, 0.15) is 0 Å². The van der Waals surface area contributed by atoms with E-state index in [1.165, 1.54) is 0 Å². The van der Waals surface area contributed by atoms with E-state index in [-0.39, 0.29) is 17.9 Å². The number of likely N-dealkylation sites (N-methyl/N-ethyl adjacent to an activating group) is 1. The molecular weight excluding hydrogens is 404 g/mol. The molecule has 4 rings (SSSR count). The van der Waals surface area contributed by atoms with E-state index in [4.69, 9.17) is 0 Å². The van der Waals surface area contributed by atoms with Crippen molar-refractivity contribution in [3.05, 3.63) is 87.6 Å². The van der Waals surface area contributed by atoms with Crippen LogP contribution in [0.15, 0.2) is 66.0 Å². The minimum Gasteiger partial charge on any atom is -0.329 e. The molecule has 5 heteroatoms. The molecule has 1 aliphatic rings. The molecule has 0 saturated carbocycles. The predicted octanol–water partition coefficient (Wildman–Crippen LogP) is 5.66. The fourth-order valence-corrected chi connectivity index (χ4v) is 5.28. The van der Waals surface area contributed by atoms with Crippen molar-refractivity contribution >= 4 is 28.8 Å². The Morgan fingerprint density at radius 3 is 2.55 bits per heavy atom. The molecule has 0 spiro atoms. The van der Waals surface area contributed by atoms with Crippen molar-refractivity contribution < 1.29 is 9.59 Å². The molecule has 2 amide bonds. The van der Waals surface area contributed by atoms with Gasteiger partial charge in [0.2, 0.25) is 5.91 Å². The van der Waals surface area contributed by atoms with Crippen LogP contribution in [0.3, 0.4) is 0 Å². The van der Waals surface area contributed by atoms with Gasteiger partial charge in [-0.25, -0.2) is 0 Å². The topological polar surface area (TPSA) is 40.6 Å². The summed E-state index contributed by atoms with van der Waals surface area (Å²) < 4.78 is 0. The molecule has 0 unspecified atom stereocenters. The fourth-order valence-electron chi connectivity index (χ4n) is 4.40. The van der Waals surface area contributed by atoms with Crippen LogP contribution in [-0.2, 0) is 4.79 Å². The first-order valence-electron chi connectivity index (χ1n) is 10.7. The Hall–Kier alpha value is -2.92. The molecule has 0 radical (unpaired) electrons. The molecule has 2 atom stereocenters. The van der Waals surface area contributed by atoms with Crippen molar-refractivity contribution in [2.24, 2.45) is 5.92 Å². The molecule has 2 heterocycles. The summed E-state index contributed by atoms with van der Waals surface area (Å²) in [6, 6.07) is 19.3. The summed E-state index contributed by atoms with van der Waals surface area (Å²) in [5.74, 6) is -0.165. The van der Waals surface area contributed by atoms with Gasteiger partial charge in [0.15, 0.2) is 0 Å². The third kappa shape index (κ3) is 4.02. The van der Waals surface area contributed by atoms with Crippen molar-refractivity contribution in [2.75, 3.05) is 18.5 Å². The second kappa shape index (κ2) is 8.67. The number of carbonyl (C=O) groups excluding carboxylic acids is 2. The number of anilines is 1. The highest BCUT2D eigenvalue weighted by atomic mass is 32.1. The summed E-state index contributed by atoms with van der Waals surface area (Å²) in [7, 11) is 1.83. The van der Waals surface area contributed by atoms with Crippen LogP contribution in [0.4, 0.5) is 5.69 Å². The molecule has 0 fully saturated rings. The van der Waals surface area contributed by atoms with Gasteiger partial charge in [-0.15, -0.1) is 11.3 Å². The Kier molecular flexibility index (Phi) is 5.96. The second-order valence-electron chi connectivity index (χ2n) is 8.61. The van der Waals surface area contributed by atoms with E-state index < -0.39 is 5.92 Å². The lowest BCUT2D eigenvalue weighted by Gasteiger charge is -2.43. The summed E-state index contributed by atoms with van der Waals surface area (Å²) in [5, 5.41) is 2.01. The Morgan fingerprint density at radius 1 is 1.10 bits per heavy atom. The van der Waals surface area contributed by atoms with E-state index >= 15 is 0 Å². The summed E-state index contributed by atoms with van der Waals surface area (Å²) in [6.45, 7) is 6.84. The number of hydrogen-bond acceptors (Lipinski definition) is 3. The van der Waals surface area contributed by atoms with Gasteiger partial charge in [0, 0.05) is 29.7 Å². The van der Waals surface area contributed by atoms with Crippen LogP contribution >= 0.6 is 11.3 Å². The Labute approximate surface area is 188 Å². The Bertz CT molecular complexity index is 1090. The number of benzene rings is 2. The molecule has 1 aliphatic heterocycles. The van der Waals surface area contributed by atoms with Gasteiger partial charge in [0.25, 0.3) is 5.91 Å². The van der Waals surface area contributed by atoms with Crippen LogP contribution < -0.4 is 4.90 Å². The average molecular weight is 433 g/mol. The summed E-state index contributed by atoms with van der Waals surface area (Å²) in [6.07, 6.45) is 0. The first kappa shape index (κ1) is 21.3. The van der Waals surface area contributed by atoms with Crippen molar-refractivity contribution in [1.29, 1.82) is 0 Å². The summed E-state index contributed by atoms with van der Waals surface area (Å²) in [4.78, 5) is 32.2. The lowest BCUT2D eigenvalue weighted by Crippen LogP contribution is -2.48. The Balaban J connectivity index is 1.86. The number of fused-ring (bicyclic) bond motifs is 1. The van der Waals surface area contributed by atoms with Crippen LogP contribution in [0.2, 0.25) is 0 Å². The molecule has 160 valence electrons. The molecule has 31 heavy (non-hydrogen) atoms. The number of aryl methyl sites for hydroxylation is 1. The van der Waals surface area contributed by atoms with Crippen molar-refractivity contribution in [3.63, 3.8) is 0 Å². The largest absolute Gasteiger partial charge is 0.329 e. The zero-order valence-electron chi connectivity index (χ0n) is 18.4. The minimum absolute atomic E-state index is 0.00212. The summed E-state index contributed by atoms with van der Waals surface area (Å²) >= 11 is 1.60. The van der Waals surface area contributed by atoms with E-state index in [2.05, 4.69) is 13.8 Å².